The maximum atomic E-state index is 3.82. The molecule has 0 saturated heterocycles. The fraction of sp³-hybridized carbons (Fsp3) is 0.0909. The van der Waals surface area contributed by atoms with Crippen LogP contribution in [0.1, 0.15) is 59.2 Å². The molecule has 4 unspecified atom stereocenters. The van der Waals surface area contributed by atoms with E-state index in [2.05, 4.69) is 279 Å². The summed E-state index contributed by atoms with van der Waals surface area (Å²) < 4.78 is 2.60. The number of anilines is 2. The van der Waals surface area contributed by atoms with E-state index in [0.29, 0.717) is 0 Å². The number of nitrogens with one attached hydrogen (secondary N) is 1. The van der Waals surface area contributed by atoms with E-state index in [4.69, 9.17) is 0 Å². The van der Waals surface area contributed by atoms with E-state index in [1.807, 2.05) is 0 Å². The molecule has 2 aliphatic rings. The van der Waals surface area contributed by atoms with E-state index in [1.165, 1.54) is 88.7 Å². The first-order chi connectivity index (χ1) is 33.5. The van der Waals surface area contributed by atoms with Gasteiger partial charge in [0.05, 0.1) is 5.52 Å². The first-order valence-electron chi connectivity index (χ1n) is 24.0. The molecule has 0 bridgehead atoms. The van der Waals surface area contributed by atoms with Crippen LogP contribution in [0, 0.1) is 5.92 Å². The Kier molecular flexibility index (Phi) is 10.4. The Hall–Kier alpha value is -8.20. The van der Waals surface area contributed by atoms with E-state index in [-0.39, 0.29) is 17.8 Å². The van der Waals surface area contributed by atoms with Gasteiger partial charge in [0.15, 0.2) is 0 Å². The quantitative estimate of drug-likeness (QED) is 0.153. The van der Waals surface area contributed by atoms with Gasteiger partial charge in [0.1, 0.15) is 0 Å². The van der Waals surface area contributed by atoms with Crippen molar-refractivity contribution in [1.82, 2.24) is 4.57 Å². The van der Waals surface area contributed by atoms with Crippen molar-refractivity contribution in [3.05, 3.63) is 282 Å². The topological polar surface area (TPSA) is 17.0 Å². The van der Waals surface area contributed by atoms with Crippen molar-refractivity contribution >= 4 is 44.7 Å². The summed E-state index contributed by atoms with van der Waals surface area (Å²) in [6.45, 7) is 4.90. The molecule has 0 fully saturated rings. The van der Waals surface area contributed by atoms with Crippen LogP contribution in [0.3, 0.4) is 0 Å². The zero-order valence-corrected chi connectivity index (χ0v) is 38.4. The fourth-order valence-corrected chi connectivity index (χ4v) is 11.5. The standard InChI is InChI=1S/C66H52N2/c1-45-55(32-19-33-56(45)58-31-15-17-35-63(58)67-53-29-18-28-50(42-53)46-20-6-3-7-21-46)52-37-41-64-60(44-52)59-39-40-61(49-25-10-5-11-26-49)66(2,62-34-16-14-30-57(62)48-23-8-4-9-24-48)65(59)68(64)54-38-36-47-22-12-13-27-51(47)43-54/h3-45,55,61,67H,1-2H3. The van der Waals surface area contributed by atoms with E-state index >= 15 is 0 Å². The number of nitrogens with zero attached hydrogens (tertiary/aromatic N) is 1. The van der Waals surface area contributed by atoms with Gasteiger partial charge < -0.3 is 9.88 Å². The van der Waals surface area contributed by atoms with Crippen LogP contribution in [0.4, 0.5) is 11.4 Å². The summed E-state index contributed by atoms with van der Waals surface area (Å²) in [7, 11) is 0. The summed E-state index contributed by atoms with van der Waals surface area (Å²) >= 11 is 0. The van der Waals surface area contributed by atoms with Gasteiger partial charge in [-0.15, -0.1) is 0 Å². The average molecular weight is 873 g/mol. The highest BCUT2D eigenvalue weighted by Crippen LogP contribution is 2.55. The highest BCUT2D eigenvalue weighted by atomic mass is 15.0. The summed E-state index contributed by atoms with van der Waals surface area (Å²) in [4.78, 5) is 0. The van der Waals surface area contributed by atoms with Gasteiger partial charge >= 0.3 is 0 Å². The maximum absolute atomic E-state index is 3.82. The minimum Gasteiger partial charge on any atom is -0.355 e. The van der Waals surface area contributed by atoms with Crippen molar-refractivity contribution in [1.29, 1.82) is 0 Å². The number of hydrogen-bond donors (Lipinski definition) is 1. The molecule has 1 aromatic heterocycles. The summed E-state index contributed by atoms with van der Waals surface area (Å²) in [6.07, 6.45) is 11.9. The minimum atomic E-state index is -0.478. The van der Waals surface area contributed by atoms with Gasteiger partial charge in [0.2, 0.25) is 0 Å². The second-order valence-corrected chi connectivity index (χ2v) is 18.7. The van der Waals surface area contributed by atoms with Gasteiger partial charge in [0, 0.05) is 56.5 Å². The van der Waals surface area contributed by atoms with Crippen molar-refractivity contribution < 1.29 is 0 Å². The predicted molar refractivity (Wildman–Crippen MR) is 288 cm³/mol. The first-order valence-corrected chi connectivity index (χ1v) is 24.0. The van der Waals surface area contributed by atoms with E-state index < -0.39 is 5.41 Å². The summed E-state index contributed by atoms with van der Waals surface area (Å²) in [5.74, 6) is 0.450. The number of allylic oxidation sites excluding steroid dienone is 5. The second kappa shape index (κ2) is 17.2. The van der Waals surface area contributed by atoms with Crippen LogP contribution in [-0.2, 0) is 5.41 Å². The Morgan fingerprint density at radius 1 is 0.515 bits per heavy atom. The van der Waals surface area contributed by atoms with Gasteiger partial charge in [-0.1, -0.05) is 219 Å². The normalized spacial score (nSPS) is 18.6. The molecule has 0 spiro atoms. The third kappa shape index (κ3) is 7.12. The summed E-state index contributed by atoms with van der Waals surface area (Å²) in [5, 5.41) is 7.56. The Balaban J connectivity index is 1.01. The highest BCUT2D eigenvalue weighted by molar-refractivity contribution is 5.97. The van der Waals surface area contributed by atoms with E-state index in [9.17, 15) is 0 Å². The summed E-state index contributed by atoms with van der Waals surface area (Å²) in [5.41, 5.74) is 18.0. The van der Waals surface area contributed by atoms with Gasteiger partial charge in [-0.2, -0.15) is 0 Å². The van der Waals surface area contributed by atoms with Gasteiger partial charge in [-0.3, -0.25) is 0 Å². The fourth-order valence-electron chi connectivity index (χ4n) is 11.5. The molecular weight excluding hydrogens is 821 g/mol. The lowest BCUT2D eigenvalue weighted by Gasteiger charge is -2.42. The van der Waals surface area contributed by atoms with Crippen LogP contribution >= 0.6 is 0 Å². The number of benzene rings is 9. The number of rotatable bonds is 9. The van der Waals surface area contributed by atoms with Crippen molar-refractivity contribution in [2.75, 3.05) is 5.32 Å². The molecule has 0 saturated carbocycles. The van der Waals surface area contributed by atoms with Gasteiger partial charge in [-0.05, 0) is 111 Å². The highest BCUT2D eigenvalue weighted by Gasteiger charge is 2.46. The lowest BCUT2D eigenvalue weighted by atomic mass is 9.62. The lowest BCUT2D eigenvalue weighted by Crippen LogP contribution is -2.36. The molecule has 2 aliphatic carbocycles. The number of fused-ring (bicyclic) bond motifs is 4. The third-order valence-corrected chi connectivity index (χ3v) is 14.8. The number of para-hydroxylation sites is 1. The van der Waals surface area contributed by atoms with Crippen LogP contribution in [0.5, 0.6) is 0 Å². The summed E-state index contributed by atoms with van der Waals surface area (Å²) in [6, 6.07) is 82.3. The Bertz CT molecular complexity index is 3580. The van der Waals surface area contributed by atoms with Gasteiger partial charge in [-0.25, -0.2) is 0 Å². The van der Waals surface area contributed by atoms with Crippen molar-refractivity contribution in [2.45, 2.75) is 31.1 Å². The molecule has 326 valence electrons. The molecule has 68 heavy (non-hydrogen) atoms. The molecule has 10 aromatic rings. The smallest absolute Gasteiger partial charge is 0.0538 e. The predicted octanol–water partition coefficient (Wildman–Crippen LogP) is 17.4. The SMILES string of the molecule is CC1C(c2ccccc2Nc2cccc(-c3ccccc3)c2)=CC=CC1c1ccc2c(c1)c1c(n2-c2ccc3ccccc3c2)C(C)(c2ccccc2-c2ccccc2)C(c2ccccc2)C=C1. The average Bonchev–Trinajstić information content (AvgIpc) is 3.74. The van der Waals surface area contributed by atoms with E-state index in [0.717, 1.165) is 11.4 Å². The largest absolute Gasteiger partial charge is 0.355 e. The zero-order valence-electron chi connectivity index (χ0n) is 38.4. The van der Waals surface area contributed by atoms with Crippen molar-refractivity contribution in [3.63, 3.8) is 0 Å². The molecule has 0 amide bonds. The van der Waals surface area contributed by atoms with Crippen LogP contribution in [0.15, 0.2) is 249 Å². The molecule has 1 heterocycles. The molecule has 0 radical (unpaired) electrons. The van der Waals surface area contributed by atoms with Crippen LogP contribution in [-0.4, -0.2) is 4.57 Å². The van der Waals surface area contributed by atoms with Crippen LogP contribution < -0.4 is 5.32 Å². The van der Waals surface area contributed by atoms with Crippen LogP contribution in [0.2, 0.25) is 0 Å². The molecular formula is C66H52N2. The van der Waals surface area contributed by atoms with Gasteiger partial charge in [0.25, 0.3) is 0 Å². The monoisotopic (exact) mass is 872 g/mol. The maximum Gasteiger partial charge on any atom is 0.0538 e. The first kappa shape index (κ1) is 41.2. The number of hydrogen-bond acceptors (Lipinski definition) is 1. The molecule has 4 atom stereocenters. The minimum absolute atomic E-state index is 0.0625. The van der Waals surface area contributed by atoms with E-state index in [1.54, 1.807) is 0 Å². The van der Waals surface area contributed by atoms with Crippen molar-refractivity contribution in [3.8, 4) is 27.9 Å². The lowest BCUT2D eigenvalue weighted by molar-refractivity contribution is 0.485. The Morgan fingerprint density at radius 2 is 1.19 bits per heavy atom. The zero-order chi connectivity index (χ0) is 45.6. The second-order valence-electron chi connectivity index (χ2n) is 18.7. The molecule has 9 aromatic carbocycles. The molecule has 2 nitrogen and oxygen atoms in total. The molecule has 12 rings (SSSR count). The molecule has 0 aliphatic heterocycles. The Labute approximate surface area is 399 Å². The Morgan fingerprint density at radius 3 is 2.00 bits per heavy atom. The third-order valence-electron chi connectivity index (χ3n) is 14.8. The number of aromatic nitrogens is 1. The van der Waals surface area contributed by atoms with Crippen molar-refractivity contribution in [2.24, 2.45) is 5.92 Å². The van der Waals surface area contributed by atoms with Crippen LogP contribution in [0.25, 0.3) is 61.3 Å². The molecule has 2 heteroatoms. The molecule has 1 N–H and O–H groups in total.